The van der Waals surface area contributed by atoms with Gasteiger partial charge in [0.25, 0.3) is 5.91 Å². The summed E-state index contributed by atoms with van der Waals surface area (Å²) in [7, 11) is 0. The number of benzene rings is 2. The third-order valence-corrected chi connectivity index (χ3v) is 5.74. The van der Waals surface area contributed by atoms with Gasteiger partial charge < -0.3 is 15.0 Å². The predicted octanol–water partition coefficient (Wildman–Crippen LogP) is 3.55. The first-order valence-corrected chi connectivity index (χ1v) is 11.1. The van der Waals surface area contributed by atoms with Crippen LogP contribution in [-0.2, 0) is 6.18 Å². The largest absolute Gasteiger partial charge is 0.493 e. The van der Waals surface area contributed by atoms with Crippen LogP contribution < -0.4 is 10.1 Å². The van der Waals surface area contributed by atoms with Crippen molar-refractivity contribution in [2.24, 2.45) is 0 Å². The van der Waals surface area contributed by atoms with Crippen LogP contribution in [0.2, 0.25) is 0 Å². The second-order valence-electron chi connectivity index (χ2n) is 8.12. The van der Waals surface area contributed by atoms with Gasteiger partial charge in [-0.05, 0) is 60.0 Å². The average Bonchev–Trinajstić information content (AvgIpc) is 3.37. The number of nitrogens with one attached hydrogen (secondary N) is 2. The first-order chi connectivity index (χ1) is 16.4. The van der Waals surface area contributed by atoms with E-state index in [1.165, 1.54) is 12.1 Å². The van der Waals surface area contributed by atoms with Crippen LogP contribution in [0.3, 0.4) is 0 Å². The number of rotatable bonds is 8. The van der Waals surface area contributed by atoms with Crippen molar-refractivity contribution in [1.82, 2.24) is 30.8 Å². The Hall–Kier alpha value is -3.47. The molecule has 11 heteroatoms. The first-order valence-electron chi connectivity index (χ1n) is 11.1. The SMILES string of the molecule is O=C(NC1CCN(CCCOc2ccccc2-c2nnn[nH]2)CC1)c1cccc(C(F)(F)F)c1. The molecule has 0 atom stereocenters. The van der Waals surface area contributed by atoms with E-state index in [2.05, 4.69) is 30.8 Å². The van der Waals surface area contributed by atoms with Crippen molar-refractivity contribution in [2.75, 3.05) is 26.2 Å². The van der Waals surface area contributed by atoms with Crippen molar-refractivity contribution < 1.29 is 22.7 Å². The van der Waals surface area contributed by atoms with Gasteiger partial charge in [0.2, 0.25) is 0 Å². The summed E-state index contributed by atoms with van der Waals surface area (Å²) < 4.78 is 44.6. The lowest BCUT2D eigenvalue weighted by Crippen LogP contribution is -2.45. The van der Waals surface area contributed by atoms with Gasteiger partial charge in [0.05, 0.1) is 17.7 Å². The van der Waals surface area contributed by atoms with Crippen LogP contribution in [0.25, 0.3) is 11.4 Å². The second kappa shape index (κ2) is 10.6. The van der Waals surface area contributed by atoms with Crippen LogP contribution in [0.1, 0.15) is 35.2 Å². The molecule has 2 heterocycles. The van der Waals surface area contributed by atoms with Gasteiger partial charge >= 0.3 is 6.18 Å². The molecule has 0 spiro atoms. The van der Waals surface area contributed by atoms with E-state index in [9.17, 15) is 18.0 Å². The molecule has 1 aromatic heterocycles. The van der Waals surface area contributed by atoms with Crippen molar-refractivity contribution in [3.63, 3.8) is 0 Å². The van der Waals surface area contributed by atoms with Gasteiger partial charge in [0.1, 0.15) is 5.75 Å². The topological polar surface area (TPSA) is 96.0 Å². The summed E-state index contributed by atoms with van der Waals surface area (Å²) in [6, 6.07) is 12.0. The molecule has 1 aliphatic rings. The molecule has 1 fully saturated rings. The Morgan fingerprint density at radius 2 is 1.94 bits per heavy atom. The molecule has 0 radical (unpaired) electrons. The minimum atomic E-state index is -4.47. The molecule has 8 nitrogen and oxygen atoms in total. The van der Waals surface area contributed by atoms with Crippen molar-refractivity contribution in [3.05, 3.63) is 59.7 Å². The smallest absolute Gasteiger partial charge is 0.416 e. The summed E-state index contributed by atoms with van der Waals surface area (Å²) in [6.07, 6.45) is -2.16. The number of halogens is 3. The van der Waals surface area contributed by atoms with Gasteiger partial charge in [0, 0.05) is 31.2 Å². The van der Waals surface area contributed by atoms with Crippen LogP contribution in [0.5, 0.6) is 5.75 Å². The summed E-state index contributed by atoms with van der Waals surface area (Å²) in [5.41, 5.74) is -0.00192. The number of nitrogens with zero attached hydrogens (tertiary/aromatic N) is 4. The zero-order valence-electron chi connectivity index (χ0n) is 18.4. The lowest BCUT2D eigenvalue weighted by Gasteiger charge is -2.32. The third-order valence-electron chi connectivity index (χ3n) is 5.74. The lowest BCUT2D eigenvalue weighted by molar-refractivity contribution is -0.137. The van der Waals surface area contributed by atoms with E-state index in [-0.39, 0.29) is 11.6 Å². The number of carbonyl (C=O) groups excluding carboxylic acids is 1. The van der Waals surface area contributed by atoms with Gasteiger partial charge in [-0.15, -0.1) is 5.10 Å². The maximum Gasteiger partial charge on any atom is 0.416 e. The van der Waals surface area contributed by atoms with E-state index >= 15 is 0 Å². The van der Waals surface area contributed by atoms with E-state index in [1.54, 1.807) is 0 Å². The standard InChI is InChI=1S/C23H25F3N6O2/c24-23(25,26)17-6-3-5-16(15-17)22(33)27-18-9-12-32(13-10-18)11-4-14-34-20-8-2-1-7-19(20)21-28-30-31-29-21/h1-3,5-8,15,18H,4,9-14H2,(H,27,33)(H,28,29,30,31). The van der Waals surface area contributed by atoms with Crippen LogP contribution in [0, 0.1) is 0 Å². The summed E-state index contributed by atoms with van der Waals surface area (Å²) in [5.74, 6) is 0.778. The Morgan fingerprint density at radius 1 is 1.15 bits per heavy atom. The van der Waals surface area contributed by atoms with E-state index in [0.29, 0.717) is 18.2 Å². The number of hydrogen-bond donors (Lipinski definition) is 2. The fraction of sp³-hybridized carbons (Fsp3) is 0.391. The highest BCUT2D eigenvalue weighted by Crippen LogP contribution is 2.29. The molecule has 180 valence electrons. The van der Waals surface area contributed by atoms with Gasteiger partial charge in [0.15, 0.2) is 5.82 Å². The Kier molecular flexibility index (Phi) is 7.41. The molecular formula is C23H25F3N6O2. The predicted molar refractivity (Wildman–Crippen MR) is 118 cm³/mol. The van der Waals surface area contributed by atoms with Crippen molar-refractivity contribution >= 4 is 5.91 Å². The van der Waals surface area contributed by atoms with Gasteiger partial charge in [-0.2, -0.15) is 13.2 Å². The molecule has 2 aromatic carbocycles. The zero-order valence-corrected chi connectivity index (χ0v) is 18.4. The highest BCUT2D eigenvalue weighted by molar-refractivity contribution is 5.94. The average molecular weight is 474 g/mol. The number of likely N-dealkylation sites (tertiary alicyclic amines) is 1. The second-order valence-corrected chi connectivity index (χ2v) is 8.12. The summed E-state index contributed by atoms with van der Waals surface area (Å²) in [4.78, 5) is 14.7. The maximum absolute atomic E-state index is 12.9. The molecule has 4 rings (SSSR count). The molecule has 0 unspecified atom stereocenters. The molecular weight excluding hydrogens is 449 g/mol. The van der Waals surface area contributed by atoms with Crippen molar-refractivity contribution in [3.8, 4) is 17.1 Å². The summed E-state index contributed by atoms with van der Waals surface area (Å²) in [5, 5.41) is 16.7. The van der Waals surface area contributed by atoms with Crippen LogP contribution >= 0.6 is 0 Å². The van der Waals surface area contributed by atoms with Gasteiger partial charge in [-0.25, -0.2) is 5.10 Å². The molecule has 1 amide bonds. The van der Waals surface area contributed by atoms with Crippen LogP contribution in [0.15, 0.2) is 48.5 Å². The van der Waals surface area contributed by atoms with E-state index in [0.717, 1.165) is 56.6 Å². The molecule has 1 aliphatic heterocycles. The minimum absolute atomic E-state index is 0.0239. The Bertz CT molecular complexity index is 1080. The first kappa shape index (κ1) is 23.7. The number of aromatic amines is 1. The highest BCUT2D eigenvalue weighted by Gasteiger charge is 2.31. The minimum Gasteiger partial charge on any atom is -0.493 e. The third kappa shape index (κ3) is 6.10. The van der Waals surface area contributed by atoms with Crippen molar-refractivity contribution in [2.45, 2.75) is 31.5 Å². The van der Waals surface area contributed by atoms with Gasteiger partial charge in [-0.3, -0.25) is 4.79 Å². The zero-order chi connectivity index (χ0) is 24.0. The van der Waals surface area contributed by atoms with E-state index in [4.69, 9.17) is 4.74 Å². The van der Waals surface area contributed by atoms with Crippen LogP contribution in [0.4, 0.5) is 13.2 Å². The number of aromatic nitrogens is 4. The molecule has 0 saturated carbocycles. The Labute approximate surface area is 194 Å². The fourth-order valence-electron chi connectivity index (χ4n) is 3.94. The molecule has 3 aromatic rings. The van der Waals surface area contributed by atoms with E-state index < -0.39 is 17.6 Å². The number of para-hydroxylation sites is 1. The van der Waals surface area contributed by atoms with E-state index in [1.807, 2.05) is 24.3 Å². The fourth-order valence-corrected chi connectivity index (χ4v) is 3.94. The Morgan fingerprint density at radius 3 is 2.68 bits per heavy atom. The number of piperidine rings is 1. The number of ether oxygens (including phenoxy) is 1. The lowest BCUT2D eigenvalue weighted by atomic mass is 10.0. The molecule has 0 bridgehead atoms. The monoisotopic (exact) mass is 474 g/mol. The number of carbonyl (C=O) groups is 1. The van der Waals surface area contributed by atoms with Gasteiger partial charge in [-0.1, -0.05) is 18.2 Å². The number of H-pyrrole nitrogens is 1. The number of hydrogen-bond acceptors (Lipinski definition) is 6. The molecule has 1 saturated heterocycles. The molecule has 2 N–H and O–H groups in total. The quantitative estimate of drug-likeness (QED) is 0.485. The Balaban J connectivity index is 1.19. The number of amides is 1. The maximum atomic E-state index is 12.9. The highest BCUT2D eigenvalue weighted by atomic mass is 19.4. The van der Waals surface area contributed by atoms with Crippen molar-refractivity contribution in [1.29, 1.82) is 0 Å². The summed E-state index contributed by atoms with van der Waals surface area (Å²) >= 11 is 0. The molecule has 34 heavy (non-hydrogen) atoms. The number of alkyl halides is 3. The number of tetrazole rings is 1. The summed E-state index contributed by atoms with van der Waals surface area (Å²) in [6.45, 7) is 2.98. The van der Waals surface area contributed by atoms with Crippen LogP contribution in [-0.4, -0.2) is 63.7 Å². The molecule has 0 aliphatic carbocycles. The normalized spacial score (nSPS) is 15.3.